The molecule has 1 unspecified atom stereocenters. The third kappa shape index (κ3) is 2.41. The molecule has 0 radical (unpaired) electrons. The maximum absolute atomic E-state index is 4.52. The second-order valence-corrected chi connectivity index (χ2v) is 6.15. The van der Waals surface area contributed by atoms with Crippen LogP contribution in [0.25, 0.3) is 16.6 Å². The third-order valence-corrected chi connectivity index (χ3v) is 4.58. The van der Waals surface area contributed by atoms with Crippen LogP contribution in [0, 0.1) is 0 Å². The average Bonchev–Trinajstić information content (AvgIpc) is 3.13. The van der Waals surface area contributed by atoms with E-state index in [1.54, 1.807) is 12.4 Å². The molecule has 0 fully saturated rings. The first-order valence-electron chi connectivity index (χ1n) is 8.43. The molecule has 0 aliphatic carbocycles. The molecule has 26 heavy (non-hydrogen) atoms. The summed E-state index contributed by atoms with van der Waals surface area (Å²) < 4.78 is 1.89. The van der Waals surface area contributed by atoms with Crippen LogP contribution in [-0.2, 0) is 0 Å². The molecule has 4 aromatic heterocycles. The molecule has 0 bridgehead atoms. The quantitative estimate of drug-likeness (QED) is 0.502. The summed E-state index contributed by atoms with van der Waals surface area (Å²) in [7, 11) is 0. The molecule has 0 aliphatic heterocycles. The van der Waals surface area contributed by atoms with Gasteiger partial charge in [0.05, 0.1) is 23.3 Å². The van der Waals surface area contributed by atoms with Gasteiger partial charge in [0.15, 0.2) is 5.65 Å². The molecule has 124 valence electrons. The summed E-state index contributed by atoms with van der Waals surface area (Å²) in [5.41, 5.74) is 5.09. The molecule has 5 aromatic rings. The summed E-state index contributed by atoms with van der Waals surface area (Å²) in [6.07, 6.45) is 9.18. The zero-order valence-corrected chi connectivity index (χ0v) is 13.9. The van der Waals surface area contributed by atoms with E-state index < -0.39 is 0 Å². The summed E-state index contributed by atoms with van der Waals surface area (Å²) in [4.78, 5) is 13.3. The van der Waals surface area contributed by atoms with E-state index in [2.05, 4.69) is 50.4 Å². The molecule has 5 nitrogen and oxygen atoms in total. The second kappa shape index (κ2) is 6.04. The summed E-state index contributed by atoms with van der Waals surface area (Å²) in [6, 6.07) is 18.3. The van der Waals surface area contributed by atoms with Gasteiger partial charge in [0.25, 0.3) is 0 Å². The van der Waals surface area contributed by atoms with Gasteiger partial charge in [-0.2, -0.15) is 5.10 Å². The fraction of sp³-hybridized carbons (Fsp3) is 0.0476. The van der Waals surface area contributed by atoms with Crippen molar-refractivity contribution < 1.29 is 0 Å². The Kier molecular flexibility index (Phi) is 3.42. The van der Waals surface area contributed by atoms with Gasteiger partial charge in [0.1, 0.15) is 0 Å². The minimum Gasteiger partial charge on any atom is -0.264 e. The Labute approximate surface area is 150 Å². The van der Waals surface area contributed by atoms with Crippen LogP contribution in [0.4, 0.5) is 0 Å². The standard InChI is InChI=1S/C21H15N5/c1-5-17(13-22-9-1)21(19-14-24-20-6-3-11-25-26(19)20)16-7-8-18-15(12-16)4-2-10-23-18/h1-14,21H. The maximum Gasteiger partial charge on any atom is 0.153 e. The van der Waals surface area contributed by atoms with Gasteiger partial charge in [-0.1, -0.05) is 18.2 Å². The lowest BCUT2D eigenvalue weighted by molar-refractivity contribution is 0.813. The van der Waals surface area contributed by atoms with E-state index in [0.29, 0.717) is 0 Å². The van der Waals surface area contributed by atoms with E-state index in [-0.39, 0.29) is 5.92 Å². The molecular weight excluding hydrogens is 322 g/mol. The van der Waals surface area contributed by atoms with Gasteiger partial charge >= 0.3 is 0 Å². The number of hydrogen-bond acceptors (Lipinski definition) is 4. The smallest absolute Gasteiger partial charge is 0.153 e. The van der Waals surface area contributed by atoms with Crippen LogP contribution in [-0.4, -0.2) is 24.6 Å². The highest BCUT2D eigenvalue weighted by molar-refractivity contribution is 5.79. The Morgan fingerprint density at radius 3 is 2.62 bits per heavy atom. The Hall–Kier alpha value is -3.60. The van der Waals surface area contributed by atoms with E-state index in [1.807, 2.05) is 47.4 Å². The molecule has 0 saturated heterocycles. The van der Waals surface area contributed by atoms with Crippen LogP contribution in [0.5, 0.6) is 0 Å². The molecular formula is C21H15N5. The molecule has 0 spiro atoms. The predicted molar refractivity (Wildman–Crippen MR) is 99.9 cm³/mol. The van der Waals surface area contributed by atoms with Gasteiger partial charge in [-0.05, 0) is 47.5 Å². The van der Waals surface area contributed by atoms with Crippen LogP contribution in [0.3, 0.4) is 0 Å². The number of aromatic nitrogens is 5. The van der Waals surface area contributed by atoms with Crippen molar-refractivity contribution in [3.63, 3.8) is 0 Å². The van der Waals surface area contributed by atoms with E-state index in [4.69, 9.17) is 0 Å². The van der Waals surface area contributed by atoms with Crippen LogP contribution in [0.2, 0.25) is 0 Å². The average molecular weight is 337 g/mol. The maximum atomic E-state index is 4.52. The number of fused-ring (bicyclic) bond motifs is 2. The fourth-order valence-electron chi connectivity index (χ4n) is 3.40. The highest BCUT2D eigenvalue weighted by atomic mass is 15.3. The van der Waals surface area contributed by atoms with Crippen molar-refractivity contribution in [2.45, 2.75) is 5.92 Å². The molecule has 5 heteroatoms. The number of rotatable bonds is 3. The van der Waals surface area contributed by atoms with Gasteiger partial charge in [0, 0.05) is 30.2 Å². The molecule has 0 aliphatic rings. The van der Waals surface area contributed by atoms with E-state index in [0.717, 1.165) is 33.4 Å². The number of nitrogens with zero attached hydrogens (tertiary/aromatic N) is 5. The first-order valence-corrected chi connectivity index (χ1v) is 8.43. The number of hydrogen-bond donors (Lipinski definition) is 0. The van der Waals surface area contributed by atoms with Crippen LogP contribution in [0.1, 0.15) is 22.7 Å². The molecule has 0 saturated carbocycles. The second-order valence-electron chi connectivity index (χ2n) is 6.15. The number of pyridine rings is 2. The molecule has 1 atom stereocenters. The van der Waals surface area contributed by atoms with Crippen molar-refractivity contribution in [2.75, 3.05) is 0 Å². The van der Waals surface area contributed by atoms with Crippen LogP contribution in [0.15, 0.2) is 85.6 Å². The van der Waals surface area contributed by atoms with E-state index in [1.165, 1.54) is 0 Å². The van der Waals surface area contributed by atoms with Crippen LogP contribution < -0.4 is 0 Å². The van der Waals surface area contributed by atoms with Crippen molar-refractivity contribution in [3.05, 3.63) is 102 Å². The predicted octanol–water partition coefficient (Wildman–Crippen LogP) is 3.85. The largest absolute Gasteiger partial charge is 0.264 e. The zero-order chi connectivity index (χ0) is 17.3. The Bertz CT molecular complexity index is 1200. The minimum atomic E-state index is -0.0155. The van der Waals surface area contributed by atoms with Gasteiger partial charge in [-0.3, -0.25) is 9.97 Å². The van der Waals surface area contributed by atoms with E-state index >= 15 is 0 Å². The van der Waals surface area contributed by atoms with Crippen LogP contribution >= 0.6 is 0 Å². The Morgan fingerprint density at radius 1 is 0.769 bits per heavy atom. The topological polar surface area (TPSA) is 56.0 Å². The number of benzene rings is 1. The van der Waals surface area contributed by atoms with Crippen molar-refractivity contribution in [2.24, 2.45) is 0 Å². The van der Waals surface area contributed by atoms with E-state index in [9.17, 15) is 0 Å². The van der Waals surface area contributed by atoms with Gasteiger partial charge in [0.2, 0.25) is 0 Å². The van der Waals surface area contributed by atoms with Gasteiger partial charge in [-0.15, -0.1) is 0 Å². The normalized spacial score (nSPS) is 12.5. The van der Waals surface area contributed by atoms with Crippen molar-refractivity contribution in [1.82, 2.24) is 24.6 Å². The first kappa shape index (κ1) is 14.7. The number of imidazole rings is 1. The zero-order valence-electron chi connectivity index (χ0n) is 13.9. The molecule has 4 heterocycles. The Morgan fingerprint density at radius 2 is 1.69 bits per heavy atom. The summed E-state index contributed by atoms with van der Waals surface area (Å²) in [6.45, 7) is 0. The van der Waals surface area contributed by atoms with Crippen molar-refractivity contribution >= 4 is 16.6 Å². The van der Waals surface area contributed by atoms with Gasteiger partial charge in [-0.25, -0.2) is 9.50 Å². The monoisotopic (exact) mass is 337 g/mol. The van der Waals surface area contributed by atoms with Gasteiger partial charge < -0.3 is 0 Å². The first-order chi connectivity index (χ1) is 12.9. The lowest BCUT2D eigenvalue weighted by atomic mass is 9.89. The summed E-state index contributed by atoms with van der Waals surface area (Å²) in [5, 5.41) is 5.61. The highest BCUT2D eigenvalue weighted by Crippen LogP contribution is 2.32. The molecule has 5 rings (SSSR count). The minimum absolute atomic E-state index is 0.0155. The fourth-order valence-corrected chi connectivity index (χ4v) is 3.40. The molecule has 0 amide bonds. The highest BCUT2D eigenvalue weighted by Gasteiger charge is 2.21. The Balaban J connectivity index is 1.76. The SMILES string of the molecule is c1cncc(C(c2ccc3ncccc3c2)c2cnc3cccnn23)c1. The molecule has 1 aromatic carbocycles. The van der Waals surface area contributed by atoms with Crippen molar-refractivity contribution in [1.29, 1.82) is 0 Å². The lowest BCUT2D eigenvalue weighted by Crippen LogP contribution is -2.08. The third-order valence-electron chi connectivity index (χ3n) is 4.58. The lowest BCUT2D eigenvalue weighted by Gasteiger charge is -2.17. The summed E-state index contributed by atoms with van der Waals surface area (Å²) in [5.74, 6) is -0.0155. The van der Waals surface area contributed by atoms with Crippen molar-refractivity contribution in [3.8, 4) is 0 Å². The summed E-state index contributed by atoms with van der Waals surface area (Å²) >= 11 is 0. The molecule has 0 N–H and O–H groups in total.